The average molecular weight is 389 g/mol. The number of nitrogens with two attached hydrogens (primary N) is 1. The molecule has 2 rings (SSSR count). The van der Waals surface area contributed by atoms with Crippen LogP contribution >= 0.6 is 11.8 Å². The molecule has 0 amide bonds. The zero-order valence-corrected chi connectivity index (χ0v) is 15.9. The number of Topliss-reactive ketones (excluding diaryl/α,β-unsaturated/α-hetero) is 1. The predicted octanol–water partition coefficient (Wildman–Crippen LogP) is 0.827. The standard InChI is InChI=1S/C18H19N3O5S/c1-20-16(19)15(17(24)21(2)18(20)25)13(22)10-26-14(23)9-6-11-4-7-12(27-3)8-5-11/h4-9H,10,19H2,1-3H3. The lowest BCUT2D eigenvalue weighted by atomic mass is 10.2. The summed E-state index contributed by atoms with van der Waals surface area (Å²) in [4.78, 5) is 49.0. The van der Waals surface area contributed by atoms with Crippen molar-refractivity contribution in [1.29, 1.82) is 0 Å². The van der Waals surface area contributed by atoms with E-state index in [-0.39, 0.29) is 11.4 Å². The van der Waals surface area contributed by atoms with Crippen molar-refractivity contribution in [3.63, 3.8) is 0 Å². The monoisotopic (exact) mass is 389 g/mol. The molecular weight excluding hydrogens is 370 g/mol. The summed E-state index contributed by atoms with van der Waals surface area (Å²) in [5.74, 6) is -1.79. The van der Waals surface area contributed by atoms with Gasteiger partial charge in [-0.1, -0.05) is 12.1 Å². The van der Waals surface area contributed by atoms with Gasteiger partial charge < -0.3 is 10.5 Å². The van der Waals surface area contributed by atoms with E-state index in [0.29, 0.717) is 0 Å². The number of ether oxygens (including phenoxy) is 1. The maximum Gasteiger partial charge on any atom is 0.332 e. The molecule has 0 unspecified atom stereocenters. The zero-order valence-electron chi connectivity index (χ0n) is 15.1. The number of thioether (sulfide) groups is 1. The molecule has 0 saturated heterocycles. The third-order valence-electron chi connectivity index (χ3n) is 3.86. The molecule has 142 valence electrons. The van der Waals surface area contributed by atoms with Crippen LogP contribution in [0.2, 0.25) is 0 Å². The minimum absolute atomic E-state index is 0.270. The highest BCUT2D eigenvalue weighted by atomic mass is 32.2. The minimum Gasteiger partial charge on any atom is -0.454 e. The van der Waals surface area contributed by atoms with Crippen molar-refractivity contribution in [3.05, 3.63) is 62.3 Å². The fraction of sp³-hybridized carbons (Fsp3) is 0.222. The van der Waals surface area contributed by atoms with Crippen LogP contribution in [0.4, 0.5) is 5.82 Å². The first-order valence-electron chi connectivity index (χ1n) is 7.83. The number of nitrogen functional groups attached to an aromatic ring is 1. The van der Waals surface area contributed by atoms with Gasteiger partial charge in [-0.25, -0.2) is 9.59 Å². The molecule has 1 aromatic carbocycles. The molecule has 8 nitrogen and oxygen atoms in total. The second-order valence-corrected chi connectivity index (χ2v) is 6.48. The maximum absolute atomic E-state index is 12.2. The van der Waals surface area contributed by atoms with Crippen LogP contribution in [0, 0.1) is 0 Å². The lowest BCUT2D eigenvalue weighted by Gasteiger charge is -2.10. The van der Waals surface area contributed by atoms with Gasteiger partial charge in [0.15, 0.2) is 6.61 Å². The number of hydrogen-bond donors (Lipinski definition) is 1. The number of aromatic nitrogens is 2. The van der Waals surface area contributed by atoms with Crippen molar-refractivity contribution in [1.82, 2.24) is 9.13 Å². The lowest BCUT2D eigenvalue weighted by Crippen LogP contribution is -2.42. The van der Waals surface area contributed by atoms with Crippen molar-refractivity contribution in [2.75, 3.05) is 18.6 Å². The summed E-state index contributed by atoms with van der Waals surface area (Å²) in [5.41, 5.74) is 4.62. The van der Waals surface area contributed by atoms with Gasteiger partial charge in [-0.3, -0.25) is 18.7 Å². The van der Waals surface area contributed by atoms with Gasteiger partial charge in [0.25, 0.3) is 5.56 Å². The van der Waals surface area contributed by atoms with E-state index in [1.807, 2.05) is 30.5 Å². The van der Waals surface area contributed by atoms with E-state index in [2.05, 4.69) is 0 Å². The highest BCUT2D eigenvalue weighted by molar-refractivity contribution is 7.98. The molecule has 0 aliphatic heterocycles. The van der Waals surface area contributed by atoms with Gasteiger partial charge in [0.05, 0.1) is 0 Å². The molecule has 1 aromatic heterocycles. The number of benzene rings is 1. The Morgan fingerprint density at radius 2 is 1.78 bits per heavy atom. The first-order valence-corrected chi connectivity index (χ1v) is 9.06. The van der Waals surface area contributed by atoms with E-state index in [0.717, 1.165) is 19.6 Å². The van der Waals surface area contributed by atoms with Gasteiger partial charge in [0.1, 0.15) is 11.4 Å². The van der Waals surface area contributed by atoms with Crippen LogP contribution in [0.3, 0.4) is 0 Å². The summed E-state index contributed by atoms with van der Waals surface area (Å²) in [5, 5.41) is 0. The Hall–Kier alpha value is -3.07. The fourth-order valence-electron chi connectivity index (χ4n) is 2.26. The predicted molar refractivity (Wildman–Crippen MR) is 104 cm³/mol. The molecule has 0 radical (unpaired) electrons. The number of hydrogen-bond acceptors (Lipinski definition) is 7. The fourth-order valence-corrected chi connectivity index (χ4v) is 2.67. The number of esters is 1. The average Bonchev–Trinajstić information content (AvgIpc) is 2.68. The van der Waals surface area contributed by atoms with Gasteiger partial charge in [0.2, 0.25) is 5.78 Å². The summed E-state index contributed by atoms with van der Waals surface area (Å²) in [6.45, 7) is -0.660. The van der Waals surface area contributed by atoms with Gasteiger partial charge >= 0.3 is 11.7 Å². The molecule has 1 heterocycles. The summed E-state index contributed by atoms with van der Waals surface area (Å²) >= 11 is 1.60. The number of rotatable bonds is 6. The van der Waals surface area contributed by atoms with Crippen LogP contribution in [0.15, 0.2) is 44.8 Å². The normalized spacial score (nSPS) is 10.9. The van der Waals surface area contributed by atoms with Crippen LogP contribution < -0.4 is 17.0 Å². The molecule has 0 fully saturated rings. The minimum atomic E-state index is -0.832. The summed E-state index contributed by atoms with van der Waals surface area (Å²) in [6, 6.07) is 7.51. The van der Waals surface area contributed by atoms with Crippen LogP contribution in [-0.4, -0.2) is 33.7 Å². The third-order valence-corrected chi connectivity index (χ3v) is 4.61. The Kier molecular flexibility index (Phi) is 6.40. The van der Waals surface area contributed by atoms with E-state index < -0.39 is 29.6 Å². The number of carbonyl (C=O) groups excluding carboxylic acids is 2. The van der Waals surface area contributed by atoms with Crippen molar-refractivity contribution in [2.24, 2.45) is 14.1 Å². The lowest BCUT2D eigenvalue weighted by molar-refractivity contribution is -0.136. The van der Waals surface area contributed by atoms with Crippen molar-refractivity contribution in [2.45, 2.75) is 4.90 Å². The topological polar surface area (TPSA) is 113 Å². The summed E-state index contributed by atoms with van der Waals surface area (Å²) < 4.78 is 6.62. The quantitative estimate of drug-likeness (QED) is 0.337. The van der Waals surface area contributed by atoms with Crippen molar-refractivity contribution in [3.8, 4) is 0 Å². The summed E-state index contributed by atoms with van der Waals surface area (Å²) in [6.07, 6.45) is 4.70. The SMILES string of the molecule is CSc1ccc(C=CC(=O)OCC(=O)c2c(N)n(C)c(=O)n(C)c2=O)cc1. The van der Waals surface area contributed by atoms with Gasteiger partial charge in [0, 0.05) is 25.1 Å². The molecular formula is C18H19N3O5S. The van der Waals surface area contributed by atoms with Crippen LogP contribution in [-0.2, 0) is 23.6 Å². The Morgan fingerprint density at radius 3 is 2.37 bits per heavy atom. The summed E-state index contributed by atoms with van der Waals surface area (Å²) in [7, 11) is 2.57. The number of nitrogens with zero attached hydrogens (tertiary/aromatic N) is 2. The van der Waals surface area contributed by atoms with E-state index in [1.54, 1.807) is 17.8 Å². The molecule has 27 heavy (non-hydrogen) atoms. The van der Waals surface area contributed by atoms with E-state index in [9.17, 15) is 19.2 Å². The Bertz CT molecular complexity index is 1020. The highest BCUT2D eigenvalue weighted by Crippen LogP contribution is 2.15. The van der Waals surface area contributed by atoms with Crippen LogP contribution in [0.25, 0.3) is 6.08 Å². The number of carbonyl (C=O) groups is 2. The Balaban J connectivity index is 2.07. The van der Waals surface area contributed by atoms with Gasteiger partial charge in [-0.15, -0.1) is 11.8 Å². The molecule has 0 spiro atoms. The Morgan fingerprint density at radius 1 is 1.15 bits per heavy atom. The van der Waals surface area contributed by atoms with E-state index in [1.165, 1.54) is 20.2 Å². The molecule has 0 saturated carbocycles. The molecule has 2 aromatic rings. The molecule has 2 N–H and O–H groups in total. The molecule has 0 atom stereocenters. The van der Waals surface area contributed by atoms with Gasteiger partial charge in [-0.2, -0.15) is 0 Å². The smallest absolute Gasteiger partial charge is 0.332 e. The second kappa shape index (κ2) is 8.54. The zero-order chi connectivity index (χ0) is 20.1. The highest BCUT2D eigenvalue weighted by Gasteiger charge is 2.21. The molecule has 0 bridgehead atoms. The number of ketones is 1. The second-order valence-electron chi connectivity index (χ2n) is 5.60. The molecule has 9 heteroatoms. The number of anilines is 1. The largest absolute Gasteiger partial charge is 0.454 e. The van der Waals surface area contributed by atoms with Crippen molar-refractivity contribution >= 4 is 35.4 Å². The third kappa shape index (κ3) is 4.56. The van der Waals surface area contributed by atoms with Crippen LogP contribution in [0.1, 0.15) is 15.9 Å². The maximum atomic E-state index is 12.2. The van der Waals surface area contributed by atoms with E-state index in [4.69, 9.17) is 10.5 Å². The Labute approximate surface area is 159 Å². The molecule has 0 aliphatic carbocycles. The molecule has 0 aliphatic rings. The first-order chi connectivity index (χ1) is 12.8. The van der Waals surface area contributed by atoms with Gasteiger partial charge in [-0.05, 0) is 30.0 Å². The van der Waals surface area contributed by atoms with Crippen LogP contribution in [0.5, 0.6) is 0 Å². The van der Waals surface area contributed by atoms with E-state index >= 15 is 0 Å². The first kappa shape index (κ1) is 20.2. The van der Waals surface area contributed by atoms with Crippen molar-refractivity contribution < 1.29 is 14.3 Å².